The van der Waals surface area contributed by atoms with E-state index in [1.165, 1.54) is 19.5 Å². The first kappa shape index (κ1) is 18.8. The molecule has 0 amide bonds. The summed E-state index contributed by atoms with van der Waals surface area (Å²) in [5, 5.41) is 0.825. The van der Waals surface area contributed by atoms with Crippen LogP contribution in [0.3, 0.4) is 0 Å². The average molecular weight is 362 g/mol. The summed E-state index contributed by atoms with van der Waals surface area (Å²) in [6, 6.07) is 3.57. The lowest BCUT2D eigenvalue weighted by Gasteiger charge is -2.42. The molecular formula is C19H27FN4O2. The van der Waals surface area contributed by atoms with Gasteiger partial charge in [-0.1, -0.05) is 13.3 Å². The second-order valence-electron chi connectivity index (χ2n) is 6.62. The lowest BCUT2D eigenvalue weighted by molar-refractivity contribution is 0.107. The highest BCUT2D eigenvalue weighted by Crippen LogP contribution is 2.30. The van der Waals surface area contributed by atoms with E-state index in [2.05, 4.69) is 26.7 Å². The minimum absolute atomic E-state index is 0.220. The molecule has 1 atom stereocenters. The number of hydrogen-bond donors (Lipinski definition) is 0. The van der Waals surface area contributed by atoms with Crippen molar-refractivity contribution in [1.82, 2.24) is 14.9 Å². The Morgan fingerprint density at radius 3 is 2.81 bits per heavy atom. The predicted molar refractivity (Wildman–Crippen MR) is 100 cm³/mol. The number of piperazine rings is 1. The van der Waals surface area contributed by atoms with E-state index in [0.29, 0.717) is 11.6 Å². The Kier molecular flexibility index (Phi) is 6.21. The van der Waals surface area contributed by atoms with Crippen molar-refractivity contribution < 1.29 is 13.9 Å². The van der Waals surface area contributed by atoms with Gasteiger partial charge in [-0.2, -0.15) is 0 Å². The van der Waals surface area contributed by atoms with Crippen LogP contribution in [0.25, 0.3) is 10.9 Å². The van der Waals surface area contributed by atoms with Gasteiger partial charge >= 0.3 is 0 Å². The monoisotopic (exact) mass is 362 g/mol. The maximum absolute atomic E-state index is 14.0. The van der Waals surface area contributed by atoms with Crippen molar-refractivity contribution in [2.45, 2.75) is 25.8 Å². The first-order chi connectivity index (χ1) is 12.7. The summed E-state index contributed by atoms with van der Waals surface area (Å²) in [6.45, 7) is 6.61. The number of rotatable bonds is 7. The van der Waals surface area contributed by atoms with Crippen LogP contribution in [0.15, 0.2) is 18.5 Å². The number of hydrogen-bond acceptors (Lipinski definition) is 6. The third-order valence-electron chi connectivity index (χ3n) is 5.00. The van der Waals surface area contributed by atoms with Gasteiger partial charge in [0.25, 0.3) is 0 Å². The average Bonchev–Trinajstić information content (AvgIpc) is 2.66. The Morgan fingerprint density at radius 2 is 2.08 bits per heavy atom. The number of benzene rings is 1. The molecule has 26 heavy (non-hydrogen) atoms. The Hall–Kier alpha value is -1.99. The smallest absolute Gasteiger partial charge is 0.167 e. The van der Waals surface area contributed by atoms with Gasteiger partial charge in [0.15, 0.2) is 11.6 Å². The number of ether oxygens (including phenoxy) is 2. The van der Waals surface area contributed by atoms with Crippen molar-refractivity contribution in [2.24, 2.45) is 0 Å². The standard InChI is InChI=1S/C19H27FN4O2/c1-4-5-14-12-24(7-6-23(14)8-9-25-2)19-15-10-18(26-3)16(20)11-17(15)21-13-22-19/h10-11,13-14H,4-9,12H2,1-3H3. The number of fused-ring (bicyclic) bond motifs is 1. The van der Waals surface area contributed by atoms with E-state index in [0.717, 1.165) is 56.8 Å². The molecule has 0 radical (unpaired) electrons. The van der Waals surface area contributed by atoms with E-state index in [9.17, 15) is 4.39 Å². The first-order valence-corrected chi connectivity index (χ1v) is 9.14. The summed E-state index contributed by atoms with van der Waals surface area (Å²) >= 11 is 0. The third-order valence-corrected chi connectivity index (χ3v) is 5.00. The molecule has 0 bridgehead atoms. The van der Waals surface area contributed by atoms with Crippen LogP contribution in [-0.4, -0.2) is 67.9 Å². The molecule has 1 aliphatic rings. The second kappa shape index (κ2) is 8.60. The zero-order valence-electron chi connectivity index (χ0n) is 15.7. The molecule has 0 N–H and O–H groups in total. The van der Waals surface area contributed by atoms with Crippen LogP contribution in [0.2, 0.25) is 0 Å². The van der Waals surface area contributed by atoms with Crippen molar-refractivity contribution in [2.75, 3.05) is 51.9 Å². The fourth-order valence-corrected chi connectivity index (χ4v) is 3.65. The molecule has 1 aliphatic heterocycles. The molecule has 142 valence electrons. The maximum atomic E-state index is 14.0. The van der Waals surface area contributed by atoms with Gasteiger partial charge in [0.05, 0.1) is 19.2 Å². The van der Waals surface area contributed by atoms with Crippen molar-refractivity contribution in [1.29, 1.82) is 0 Å². The van der Waals surface area contributed by atoms with Crippen molar-refractivity contribution in [3.63, 3.8) is 0 Å². The Balaban J connectivity index is 1.89. The summed E-state index contributed by atoms with van der Waals surface area (Å²) in [6.07, 6.45) is 3.77. The van der Waals surface area contributed by atoms with Crippen LogP contribution in [-0.2, 0) is 4.74 Å². The molecule has 1 saturated heterocycles. The number of methoxy groups -OCH3 is 2. The van der Waals surface area contributed by atoms with Gasteiger partial charge in [0.1, 0.15) is 12.1 Å². The van der Waals surface area contributed by atoms with E-state index >= 15 is 0 Å². The second-order valence-corrected chi connectivity index (χ2v) is 6.62. The summed E-state index contributed by atoms with van der Waals surface area (Å²) in [5.74, 6) is 0.663. The Morgan fingerprint density at radius 1 is 1.23 bits per heavy atom. The molecule has 2 heterocycles. The molecule has 7 heteroatoms. The topological polar surface area (TPSA) is 50.7 Å². The molecule has 3 rings (SSSR count). The van der Waals surface area contributed by atoms with Crippen LogP contribution in [0.4, 0.5) is 10.2 Å². The van der Waals surface area contributed by atoms with Crippen LogP contribution >= 0.6 is 0 Å². The molecule has 1 aromatic carbocycles. The molecule has 1 unspecified atom stereocenters. The highest BCUT2D eigenvalue weighted by atomic mass is 19.1. The zero-order valence-corrected chi connectivity index (χ0v) is 15.7. The fraction of sp³-hybridized carbons (Fsp3) is 0.579. The highest BCUT2D eigenvalue weighted by molar-refractivity contribution is 5.90. The van der Waals surface area contributed by atoms with Gasteiger partial charge in [0.2, 0.25) is 0 Å². The number of anilines is 1. The Bertz CT molecular complexity index is 743. The molecule has 6 nitrogen and oxygen atoms in total. The summed E-state index contributed by atoms with van der Waals surface area (Å²) < 4.78 is 24.4. The minimum atomic E-state index is -0.405. The summed E-state index contributed by atoms with van der Waals surface area (Å²) in [4.78, 5) is 13.5. The van der Waals surface area contributed by atoms with E-state index < -0.39 is 5.82 Å². The Labute approximate surface area is 153 Å². The highest BCUT2D eigenvalue weighted by Gasteiger charge is 2.28. The van der Waals surface area contributed by atoms with Crippen LogP contribution in [0.5, 0.6) is 5.75 Å². The van der Waals surface area contributed by atoms with Gasteiger partial charge in [-0.3, -0.25) is 4.90 Å². The summed E-state index contributed by atoms with van der Waals surface area (Å²) in [7, 11) is 3.21. The number of aromatic nitrogens is 2. The van der Waals surface area contributed by atoms with E-state index in [4.69, 9.17) is 9.47 Å². The van der Waals surface area contributed by atoms with E-state index in [-0.39, 0.29) is 5.75 Å². The van der Waals surface area contributed by atoms with Gasteiger partial charge in [-0.15, -0.1) is 0 Å². The molecule has 0 aliphatic carbocycles. The normalized spacial score (nSPS) is 18.5. The minimum Gasteiger partial charge on any atom is -0.494 e. The first-order valence-electron chi connectivity index (χ1n) is 9.14. The SMILES string of the molecule is CCCC1CN(c2ncnc3cc(F)c(OC)cc23)CCN1CCOC. The van der Waals surface area contributed by atoms with Crippen LogP contribution < -0.4 is 9.64 Å². The van der Waals surface area contributed by atoms with Crippen molar-refractivity contribution in [3.05, 3.63) is 24.3 Å². The largest absolute Gasteiger partial charge is 0.494 e. The quantitative estimate of drug-likeness (QED) is 0.755. The molecule has 1 fully saturated rings. The van der Waals surface area contributed by atoms with Crippen LogP contribution in [0, 0.1) is 5.82 Å². The van der Waals surface area contributed by atoms with Crippen molar-refractivity contribution >= 4 is 16.7 Å². The molecule has 0 spiro atoms. The van der Waals surface area contributed by atoms with Gasteiger partial charge in [-0.25, -0.2) is 14.4 Å². The lowest BCUT2D eigenvalue weighted by Crippen LogP contribution is -2.54. The molecular weight excluding hydrogens is 335 g/mol. The van der Waals surface area contributed by atoms with E-state index in [1.807, 2.05) is 0 Å². The maximum Gasteiger partial charge on any atom is 0.167 e. The molecule has 0 saturated carbocycles. The van der Waals surface area contributed by atoms with Crippen LogP contribution in [0.1, 0.15) is 19.8 Å². The van der Waals surface area contributed by atoms with Gasteiger partial charge < -0.3 is 14.4 Å². The number of nitrogens with zero attached hydrogens (tertiary/aromatic N) is 4. The summed E-state index contributed by atoms with van der Waals surface area (Å²) in [5.41, 5.74) is 0.599. The van der Waals surface area contributed by atoms with Gasteiger partial charge in [0, 0.05) is 50.8 Å². The lowest BCUT2D eigenvalue weighted by atomic mass is 10.1. The predicted octanol–water partition coefficient (Wildman–Crippen LogP) is 2.71. The fourth-order valence-electron chi connectivity index (χ4n) is 3.65. The van der Waals surface area contributed by atoms with Gasteiger partial charge in [-0.05, 0) is 12.5 Å². The third kappa shape index (κ3) is 3.88. The number of halogens is 1. The zero-order chi connectivity index (χ0) is 18.5. The molecule has 1 aromatic heterocycles. The van der Waals surface area contributed by atoms with E-state index in [1.54, 1.807) is 13.2 Å². The molecule has 2 aromatic rings. The van der Waals surface area contributed by atoms with Crippen molar-refractivity contribution in [3.8, 4) is 5.75 Å².